The summed E-state index contributed by atoms with van der Waals surface area (Å²) in [5.74, 6) is -0.966. The number of pyridine rings is 1. The number of aromatic nitrogens is 3. The van der Waals surface area contributed by atoms with Gasteiger partial charge in [0.25, 0.3) is 0 Å². The van der Waals surface area contributed by atoms with Crippen molar-refractivity contribution >= 4 is 11.7 Å². The van der Waals surface area contributed by atoms with Crippen LogP contribution in [-0.2, 0) is 6.54 Å². The highest BCUT2D eigenvalue weighted by atomic mass is 16.4. The molecule has 2 N–H and O–H groups in total. The van der Waals surface area contributed by atoms with Crippen molar-refractivity contribution in [1.29, 1.82) is 0 Å². The van der Waals surface area contributed by atoms with Crippen LogP contribution in [0.3, 0.4) is 0 Å². The number of hydrogen-bond acceptors (Lipinski definition) is 4. The van der Waals surface area contributed by atoms with E-state index in [1.54, 1.807) is 10.9 Å². The molecular formula is C12H14N4O2. The standard InChI is InChI=1S/C12H14N4O2/c1-9(8-16-6-2-4-14-16)15-11-7-13-5-3-10(11)12(17)18/h2-7,9,15H,8H2,1H3,(H,17,18). The summed E-state index contributed by atoms with van der Waals surface area (Å²) in [6, 6.07) is 3.37. The van der Waals surface area contributed by atoms with E-state index in [0.717, 1.165) is 0 Å². The van der Waals surface area contributed by atoms with Crippen molar-refractivity contribution in [3.8, 4) is 0 Å². The highest BCUT2D eigenvalue weighted by molar-refractivity contribution is 5.93. The molecule has 2 rings (SSSR count). The maximum Gasteiger partial charge on any atom is 0.337 e. The first kappa shape index (κ1) is 12.1. The number of rotatable bonds is 5. The van der Waals surface area contributed by atoms with Crippen LogP contribution >= 0.6 is 0 Å². The number of aromatic carboxylic acids is 1. The summed E-state index contributed by atoms with van der Waals surface area (Å²) in [6.07, 6.45) is 6.55. The van der Waals surface area contributed by atoms with E-state index in [-0.39, 0.29) is 11.6 Å². The smallest absolute Gasteiger partial charge is 0.337 e. The Hall–Kier alpha value is -2.37. The van der Waals surface area contributed by atoms with Crippen LogP contribution in [0.15, 0.2) is 36.9 Å². The molecule has 0 aliphatic heterocycles. The Labute approximate surface area is 104 Å². The Morgan fingerprint density at radius 3 is 3.06 bits per heavy atom. The van der Waals surface area contributed by atoms with E-state index in [2.05, 4.69) is 15.4 Å². The Bertz CT molecular complexity index is 525. The summed E-state index contributed by atoms with van der Waals surface area (Å²) in [7, 11) is 0. The average Bonchev–Trinajstić information content (AvgIpc) is 2.82. The van der Waals surface area contributed by atoms with Gasteiger partial charge in [0.05, 0.1) is 24.0 Å². The van der Waals surface area contributed by atoms with E-state index >= 15 is 0 Å². The molecule has 0 aliphatic carbocycles. The molecule has 1 unspecified atom stereocenters. The minimum atomic E-state index is -0.966. The molecule has 0 aromatic carbocycles. The van der Waals surface area contributed by atoms with Gasteiger partial charge in [-0.3, -0.25) is 9.67 Å². The molecule has 1 atom stereocenters. The molecule has 2 aromatic heterocycles. The molecule has 6 nitrogen and oxygen atoms in total. The van der Waals surface area contributed by atoms with Gasteiger partial charge in [-0.15, -0.1) is 0 Å². The summed E-state index contributed by atoms with van der Waals surface area (Å²) in [6.45, 7) is 2.61. The molecule has 0 aliphatic rings. The fourth-order valence-electron chi connectivity index (χ4n) is 1.70. The SMILES string of the molecule is CC(Cn1cccn1)Nc1cnccc1C(=O)O. The zero-order valence-corrected chi connectivity index (χ0v) is 9.95. The van der Waals surface area contributed by atoms with E-state index < -0.39 is 5.97 Å². The van der Waals surface area contributed by atoms with E-state index in [9.17, 15) is 4.79 Å². The first-order chi connectivity index (χ1) is 8.66. The largest absolute Gasteiger partial charge is 0.478 e. The second-order valence-electron chi connectivity index (χ2n) is 4.00. The molecule has 2 heterocycles. The summed E-state index contributed by atoms with van der Waals surface area (Å²) in [5, 5.41) is 16.3. The maximum absolute atomic E-state index is 11.0. The van der Waals surface area contributed by atoms with Gasteiger partial charge in [0, 0.05) is 24.6 Å². The molecule has 0 saturated heterocycles. The fourth-order valence-corrected chi connectivity index (χ4v) is 1.70. The minimum Gasteiger partial charge on any atom is -0.478 e. The van der Waals surface area contributed by atoms with Crippen molar-refractivity contribution in [2.24, 2.45) is 0 Å². The first-order valence-electron chi connectivity index (χ1n) is 5.58. The Kier molecular flexibility index (Phi) is 3.57. The molecule has 0 radical (unpaired) electrons. The molecule has 0 saturated carbocycles. The lowest BCUT2D eigenvalue weighted by molar-refractivity contribution is 0.0698. The van der Waals surface area contributed by atoms with Crippen molar-refractivity contribution in [1.82, 2.24) is 14.8 Å². The van der Waals surface area contributed by atoms with Gasteiger partial charge in [0.1, 0.15) is 0 Å². The third-order valence-electron chi connectivity index (χ3n) is 2.47. The van der Waals surface area contributed by atoms with Crippen molar-refractivity contribution in [2.75, 3.05) is 5.32 Å². The zero-order valence-electron chi connectivity index (χ0n) is 9.95. The molecule has 2 aromatic rings. The molecule has 94 valence electrons. The second kappa shape index (κ2) is 5.31. The second-order valence-corrected chi connectivity index (χ2v) is 4.00. The number of anilines is 1. The maximum atomic E-state index is 11.0. The van der Waals surface area contributed by atoms with Gasteiger partial charge in [-0.25, -0.2) is 4.79 Å². The predicted molar refractivity (Wildman–Crippen MR) is 66.5 cm³/mol. The van der Waals surface area contributed by atoms with Crippen LogP contribution in [0.2, 0.25) is 0 Å². The first-order valence-corrected chi connectivity index (χ1v) is 5.58. The van der Waals surface area contributed by atoms with Crippen LogP contribution in [0, 0.1) is 0 Å². The Morgan fingerprint density at radius 1 is 1.56 bits per heavy atom. The van der Waals surface area contributed by atoms with Crippen LogP contribution < -0.4 is 5.32 Å². The zero-order chi connectivity index (χ0) is 13.0. The number of carboxylic acids is 1. The van der Waals surface area contributed by atoms with Crippen LogP contribution in [0.1, 0.15) is 17.3 Å². The summed E-state index contributed by atoms with van der Waals surface area (Å²) < 4.78 is 1.79. The van der Waals surface area contributed by atoms with E-state index in [4.69, 9.17) is 5.11 Å². The lowest BCUT2D eigenvalue weighted by Gasteiger charge is -2.16. The third-order valence-corrected chi connectivity index (χ3v) is 2.47. The number of nitrogens with zero attached hydrogens (tertiary/aromatic N) is 3. The molecule has 0 amide bonds. The molecule has 18 heavy (non-hydrogen) atoms. The van der Waals surface area contributed by atoms with Crippen molar-refractivity contribution in [2.45, 2.75) is 19.5 Å². The Morgan fingerprint density at radius 2 is 2.39 bits per heavy atom. The normalized spacial score (nSPS) is 12.1. The Balaban J connectivity index is 2.07. The molecule has 0 fully saturated rings. The van der Waals surface area contributed by atoms with Gasteiger partial charge in [0.2, 0.25) is 0 Å². The molecule has 0 bridgehead atoms. The van der Waals surface area contributed by atoms with E-state index in [1.807, 2.05) is 19.2 Å². The number of carboxylic acid groups (broad SMARTS) is 1. The van der Waals surface area contributed by atoms with Crippen molar-refractivity contribution < 1.29 is 9.90 Å². The van der Waals surface area contributed by atoms with Crippen LogP contribution in [0.25, 0.3) is 0 Å². The monoisotopic (exact) mass is 246 g/mol. The van der Waals surface area contributed by atoms with Gasteiger partial charge < -0.3 is 10.4 Å². The predicted octanol–water partition coefficient (Wildman–Crippen LogP) is 1.48. The quantitative estimate of drug-likeness (QED) is 0.835. The molecule has 0 spiro atoms. The van der Waals surface area contributed by atoms with Crippen LogP contribution in [0.5, 0.6) is 0 Å². The number of hydrogen-bond donors (Lipinski definition) is 2. The summed E-state index contributed by atoms with van der Waals surface area (Å²) in [5.41, 5.74) is 0.738. The van der Waals surface area contributed by atoms with E-state index in [0.29, 0.717) is 12.2 Å². The number of carbonyl (C=O) groups is 1. The van der Waals surface area contributed by atoms with Crippen LogP contribution in [0.4, 0.5) is 5.69 Å². The summed E-state index contributed by atoms with van der Waals surface area (Å²) >= 11 is 0. The van der Waals surface area contributed by atoms with Gasteiger partial charge in [0.15, 0.2) is 0 Å². The number of nitrogens with one attached hydrogen (secondary N) is 1. The topological polar surface area (TPSA) is 80.0 Å². The highest BCUT2D eigenvalue weighted by Crippen LogP contribution is 2.14. The van der Waals surface area contributed by atoms with Crippen LogP contribution in [-0.4, -0.2) is 31.9 Å². The lowest BCUT2D eigenvalue weighted by atomic mass is 10.2. The third kappa shape index (κ3) is 2.85. The van der Waals surface area contributed by atoms with Gasteiger partial charge in [-0.2, -0.15) is 5.10 Å². The van der Waals surface area contributed by atoms with Gasteiger partial charge in [-0.05, 0) is 19.1 Å². The highest BCUT2D eigenvalue weighted by Gasteiger charge is 2.12. The summed E-state index contributed by atoms with van der Waals surface area (Å²) in [4.78, 5) is 15.0. The lowest BCUT2D eigenvalue weighted by Crippen LogP contribution is -2.23. The van der Waals surface area contributed by atoms with Crippen molar-refractivity contribution in [3.05, 3.63) is 42.5 Å². The average molecular weight is 246 g/mol. The molecule has 6 heteroatoms. The van der Waals surface area contributed by atoms with E-state index in [1.165, 1.54) is 18.5 Å². The van der Waals surface area contributed by atoms with Gasteiger partial charge in [-0.1, -0.05) is 0 Å². The minimum absolute atomic E-state index is 0.0483. The van der Waals surface area contributed by atoms with Crippen molar-refractivity contribution in [3.63, 3.8) is 0 Å². The molecular weight excluding hydrogens is 232 g/mol. The fraction of sp³-hybridized carbons (Fsp3) is 0.250. The van der Waals surface area contributed by atoms with Gasteiger partial charge >= 0.3 is 5.97 Å².